The van der Waals surface area contributed by atoms with E-state index in [9.17, 15) is 9.90 Å². The van der Waals surface area contributed by atoms with Gasteiger partial charge in [-0.1, -0.05) is 22.0 Å². The van der Waals surface area contributed by atoms with Crippen molar-refractivity contribution in [3.63, 3.8) is 0 Å². The molecule has 6 heteroatoms. The fraction of sp³-hybridized carbons (Fsp3) is 0.167. The Bertz CT molecular complexity index is 755. The zero-order valence-corrected chi connectivity index (χ0v) is 14.9. The van der Waals surface area contributed by atoms with Gasteiger partial charge in [0.2, 0.25) is 0 Å². The fourth-order valence-corrected chi connectivity index (χ4v) is 2.43. The summed E-state index contributed by atoms with van der Waals surface area (Å²) in [4.78, 5) is 11.9. The first-order valence-corrected chi connectivity index (χ1v) is 7.87. The molecule has 0 amide bonds. The lowest BCUT2D eigenvalue weighted by Crippen LogP contribution is -2.02. The molecular weight excluding hydrogens is 376 g/mol. The van der Waals surface area contributed by atoms with Gasteiger partial charge >= 0.3 is 5.97 Å². The van der Waals surface area contributed by atoms with Gasteiger partial charge in [0, 0.05) is 16.1 Å². The van der Waals surface area contributed by atoms with Crippen LogP contribution in [0.15, 0.2) is 46.9 Å². The molecule has 0 heterocycles. The summed E-state index contributed by atoms with van der Waals surface area (Å²) in [7, 11) is 3.02. The molecule has 0 aromatic heterocycles. The van der Waals surface area contributed by atoms with E-state index in [0.717, 1.165) is 10.0 Å². The minimum atomic E-state index is -0.482. The van der Waals surface area contributed by atoms with Crippen LogP contribution in [0.1, 0.15) is 11.1 Å². The third-order valence-electron chi connectivity index (χ3n) is 3.23. The van der Waals surface area contributed by atoms with Crippen LogP contribution in [-0.2, 0) is 16.1 Å². The standard InChI is InChI=1S/C18H17BrO5/c1-22-16-7-5-14(19)10-13(16)11-24-18(21)8-4-12-3-6-15(20)17(9-12)23-2/h3-10,20H,11H2,1-2H3/b8-4+. The molecule has 24 heavy (non-hydrogen) atoms. The summed E-state index contributed by atoms with van der Waals surface area (Å²) in [5, 5.41) is 9.54. The van der Waals surface area contributed by atoms with Crippen molar-refractivity contribution in [2.45, 2.75) is 6.61 Å². The first kappa shape index (κ1) is 17.9. The Balaban J connectivity index is 2.00. The summed E-state index contributed by atoms with van der Waals surface area (Å²) in [6.07, 6.45) is 2.90. The van der Waals surface area contributed by atoms with E-state index in [2.05, 4.69) is 15.9 Å². The Hall–Kier alpha value is -2.47. The van der Waals surface area contributed by atoms with Crippen LogP contribution in [0.25, 0.3) is 6.08 Å². The monoisotopic (exact) mass is 392 g/mol. The summed E-state index contributed by atoms with van der Waals surface area (Å²) in [5.41, 5.74) is 1.47. The number of aromatic hydroxyl groups is 1. The second kappa shape index (κ2) is 8.40. The number of benzene rings is 2. The molecule has 0 atom stereocenters. The first-order chi connectivity index (χ1) is 11.5. The zero-order valence-electron chi connectivity index (χ0n) is 13.3. The van der Waals surface area contributed by atoms with Crippen LogP contribution in [-0.4, -0.2) is 25.3 Å². The molecule has 0 saturated carbocycles. The third kappa shape index (κ3) is 4.76. The van der Waals surface area contributed by atoms with Gasteiger partial charge in [0.05, 0.1) is 14.2 Å². The van der Waals surface area contributed by atoms with Gasteiger partial charge in [-0.05, 0) is 42.0 Å². The molecule has 0 aliphatic rings. The van der Waals surface area contributed by atoms with E-state index in [0.29, 0.717) is 17.1 Å². The second-order valence-corrected chi connectivity index (χ2v) is 5.74. The van der Waals surface area contributed by atoms with E-state index in [-0.39, 0.29) is 12.4 Å². The number of halogens is 1. The molecule has 2 aromatic carbocycles. The Morgan fingerprint density at radius 1 is 1.12 bits per heavy atom. The van der Waals surface area contributed by atoms with Crippen LogP contribution < -0.4 is 9.47 Å². The zero-order chi connectivity index (χ0) is 17.5. The summed E-state index contributed by atoms with van der Waals surface area (Å²) in [6, 6.07) is 10.3. The molecule has 0 bridgehead atoms. The second-order valence-electron chi connectivity index (χ2n) is 4.83. The number of methoxy groups -OCH3 is 2. The fourth-order valence-electron chi connectivity index (χ4n) is 2.02. The number of phenols is 1. The Labute approximate surface area is 148 Å². The molecule has 0 aliphatic heterocycles. The SMILES string of the molecule is COc1cc(/C=C/C(=O)OCc2cc(Br)ccc2OC)ccc1O. The highest BCUT2D eigenvalue weighted by Crippen LogP contribution is 2.27. The van der Waals surface area contributed by atoms with Crippen molar-refractivity contribution in [3.8, 4) is 17.2 Å². The van der Waals surface area contributed by atoms with Crippen LogP contribution in [0, 0.1) is 0 Å². The predicted molar refractivity (Wildman–Crippen MR) is 94.2 cm³/mol. The van der Waals surface area contributed by atoms with Gasteiger partial charge in [0.1, 0.15) is 12.4 Å². The van der Waals surface area contributed by atoms with Crippen LogP contribution in [0.2, 0.25) is 0 Å². The van der Waals surface area contributed by atoms with Gasteiger partial charge in [0.25, 0.3) is 0 Å². The molecule has 0 unspecified atom stereocenters. The number of carbonyl (C=O) groups excluding carboxylic acids is 1. The van der Waals surface area contributed by atoms with Crippen LogP contribution in [0.5, 0.6) is 17.2 Å². The van der Waals surface area contributed by atoms with Gasteiger partial charge in [0.15, 0.2) is 11.5 Å². The van der Waals surface area contributed by atoms with E-state index in [4.69, 9.17) is 14.2 Å². The van der Waals surface area contributed by atoms with Crippen LogP contribution in [0.4, 0.5) is 0 Å². The maximum absolute atomic E-state index is 11.9. The summed E-state index contributed by atoms with van der Waals surface area (Å²) < 4.78 is 16.3. The maximum atomic E-state index is 11.9. The van der Waals surface area contributed by atoms with E-state index in [1.807, 2.05) is 12.1 Å². The van der Waals surface area contributed by atoms with Crippen molar-refractivity contribution in [2.75, 3.05) is 14.2 Å². The highest BCUT2D eigenvalue weighted by molar-refractivity contribution is 9.10. The average Bonchev–Trinajstić information content (AvgIpc) is 2.59. The van der Waals surface area contributed by atoms with Crippen molar-refractivity contribution in [1.29, 1.82) is 0 Å². The third-order valence-corrected chi connectivity index (χ3v) is 3.72. The van der Waals surface area contributed by atoms with Gasteiger partial charge in [-0.15, -0.1) is 0 Å². The van der Waals surface area contributed by atoms with Gasteiger partial charge in [-0.2, -0.15) is 0 Å². The topological polar surface area (TPSA) is 65.0 Å². The quantitative estimate of drug-likeness (QED) is 0.595. The molecule has 0 fully saturated rings. The van der Waals surface area contributed by atoms with Crippen LogP contribution in [0.3, 0.4) is 0 Å². The normalized spacial score (nSPS) is 10.6. The summed E-state index contributed by atoms with van der Waals surface area (Å²) in [6.45, 7) is 0.102. The number of hydrogen-bond donors (Lipinski definition) is 1. The van der Waals surface area contributed by atoms with E-state index < -0.39 is 5.97 Å². The van der Waals surface area contributed by atoms with Crippen LogP contribution >= 0.6 is 15.9 Å². The Morgan fingerprint density at radius 2 is 1.88 bits per heavy atom. The van der Waals surface area contributed by atoms with Crippen molar-refractivity contribution in [2.24, 2.45) is 0 Å². The average molecular weight is 393 g/mol. The molecular formula is C18H17BrO5. The lowest BCUT2D eigenvalue weighted by Gasteiger charge is -2.09. The number of esters is 1. The molecule has 5 nitrogen and oxygen atoms in total. The molecule has 0 aliphatic carbocycles. The molecule has 0 saturated heterocycles. The lowest BCUT2D eigenvalue weighted by molar-refractivity contribution is -0.138. The van der Waals surface area contributed by atoms with Crippen molar-refractivity contribution >= 4 is 28.0 Å². The highest BCUT2D eigenvalue weighted by Gasteiger charge is 2.07. The molecule has 0 spiro atoms. The highest BCUT2D eigenvalue weighted by atomic mass is 79.9. The minimum absolute atomic E-state index is 0.0407. The predicted octanol–water partition coefficient (Wildman–Crippen LogP) is 3.93. The number of rotatable bonds is 6. The number of carbonyl (C=O) groups is 1. The van der Waals surface area contributed by atoms with E-state index in [1.165, 1.54) is 19.3 Å². The molecule has 2 rings (SSSR count). The van der Waals surface area contributed by atoms with Crippen molar-refractivity contribution in [1.82, 2.24) is 0 Å². The van der Waals surface area contributed by atoms with E-state index >= 15 is 0 Å². The Kier molecular flexibility index (Phi) is 6.26. The van der Waals surface area contributed by atoms with Gasteiger partial charge in [-0.3, -0.25) is 0 Å². The van der Waals surface area contributed by atoms with Crippen molar-refractivity contribution < 1.29 is 24.1 Å². The number of ether oxygens (including phenoxy) is 3. The summed E-state index contributed by atoms with van der Waals surface area (Å²) >= 11 is 3.37. The lowest BCUT2D eigenvalue weighted by atomic mass is 10.2. The maximum Gasteiger partial charge on any atom is 0.331 e. The largest absolute Gasteiger partial charge is 0.504 e. The van der Waals surface area contributed by atoms with Gasteiger partial charge in [-0.25, -0.2) is 4.79 Å². The first-order valence-electron chi connectivity index (χ1n) is 7.07. The summed E-state index contributed by atoms with van der Waals surface area (Å²) in [5.74, 6) is 0.547. The smallest absolute Gasteiger partial charge is 0.331 e. The number of phenolic OH excluding ortho intramolecular Hbond substituents is 1. The molecule has 2 aromatic rings. The van der Waals surface area contributed by atoms with Crippen molar-refractivity contribution in [3.05, 3.63) is 58.1 Å². The molecule has 1 N–H and O–H groups in total. The number of hydrogen-bond acceptors (Lipinski definition) is 5. The van der Waals surface area contributed by atoms with Gasteiger partial charge < -0.3 is 19.3 Å². The molecule has 0 radical (unpaired) electrons. The Morgan fingerprint density at radius 3 is 2.58 bits per heavy atom. The van der Waals surface area contributed by atoms with E-state index in [1.54, 1.807) is 31.4 Å². The molecule has 126 valence electrons. The minimum Gasteiger partial charge on any atom is -0.504 e.